The Morgan fingerprint density at radius 1 is 1.69 bits per heavy atom. The third kappa shape index (κ3) is 1.89. The van der Waals surface area contributed by atoms with E-state index >= 15 is 0 Å². The number of carbonyl (C=O) groups is 1. The minimum atomic E-state index is -0.167. The summed E-state index contributed by atoms with van der Waals surface area (Å²) in [6.45, 7) is 1.40. The fraction of sp³-hybridized carbons (Fsp3) is 0.250. The van der Waals surface area contributed by atoms with Gasteiger partial charge in [0.25, 0.3) is 0 Å². The number of aromatic nitrogens is 1. The molecule has 0 saturated carbocycles. The number of Topliss-reactive ketones (excluding diaryl/α,β-unsaturated/α-hetero) is 1. The second-order valence-corrected chi connectivity index (χ2v) is 2.86. The first kappa shape index (κ1) is 9.80. The van der Waals surface area contributed by atoms with E-state index in [4.69, 9.17) is 22.1 Å². The van der Waals surface area contributed by atoms with Gasteiger partial charge in [0.1, 0.15) is 10.8 Å². The molecule has 1 aromatic heterocycles. The van der Waals surface area contributed by atoms with E-state index in [1.54, 1.807) is 0 Å². The van der Waals surface area contributed by atoms with Crippen molar-refractivity contribution < 1.29 is 9.53 Å². The van der Waals surface area contributed by atoms with Crippen molar-refractivity contribution in [2.24, 2.45) is 0 Å². The molecule has 4 nitrogen and oxygen atoms in total. The van der Waals surface area contributed by atoms with Crippen LogP contribution in [0.3, 0.4) is 0 Å². The smallest absolute Gasteiger partial charge is 0.239 e. The summed E-state index contributed by atoms with van der Waals surface area (Å²) in [6, 6.07) is 1.42. The van der Waals surface area contributed by atoms with Crippen LogP contribution in [0.5, 0.6) is 5.88 Å². The average molecular weight is 201 g/mol. The molecule has 0 aliphatic heterocycles. The molecule has 0 bridgehead atoms. The second-order valence-electron chi connectivity index (χ2n) is 2.47. The predicted octanol–water partition coefficient (Wildman–Crippen LogP) is 1.53. The van der Waals surface area contributed by atoms with E-state index in [0.717, 1.165) is 0 Å². The molecular formula is C8H9ClN2O2. The van der Waals surface area contributed by atoms with Crippen LogP contribution in [0.1, 0.15) is 17.3 Å². The monoisotopic (exact) mass is 200 g/mol. The molecule has 13 heavy (non-hydrogen) atoms. The number of rotatable bonds is 2. The van der Waals surface area contributed by atoms with Gasteiger partial charge in [0.05, 0.1) is 7.11 Å². The summed E-state index contributed by atoms with van der Waals surface area (Å²) in [5.41, 5.74) is 6.15. The third-order valence-electron chi connectivity index (χ3n) is 1.57. The normalized spacial score (nSPS) is 9.77. The Kier molecular flexibility index (Phi) is 2.72. The predicted molar refractivity (Wildman–Crippen MR) is 50.2 cm³/mol. The molecule has 1 heterocycles. The number of hydrogen-bond donors (Lipinski definition) is 1. The Hall–Kier alpha value is -1.29. The Morgan fingerprint density at radius 2 is 2.31 bits per heavy atom. The van der Waals surface area contributed by atoms with Crippen molar-refractivity contribution in [3.63, 3.8) is 0 Å². The molecule has 0 aliphatic carbocycles. The van der Waals surface area contributed by atoms with Gasteiger partial charge in [-0.15, -0.1) is 0 Å². The van der Waals surface area contributed by atoms with Crippen LogP contribution < -0.4 is 10.5 Å². The maximum atomic E-state index is 11.1. The zero-order chi connectivity index (χ0) is 10.0. The lowest BCUT2D eigenvalue weighted by Gasteiger charge is -2.06. The van der Waals surface area contributed by atoms with Gasteiger partial charge < -0.3 is 10.5 Å². The van der Waals surface area contributed by atoms with Crippen LogP contribution in [-0.4, -0.2) is 17.9 Å². The van der Waals surface area contributed by atoms with Gasteiger partial charge in [0.2, 0.25) is 5.88 Å². The summed E-state index contributed by atoms with van der Waals surface area (Å²) in [6.07, 6.45) is 0. The molecule has 0 saturated heterocycles. The van der Waals surface area contributed by atoms with Gasteiger partial charge in [0, 0.05) is 5.56 Å². The number of nitrogen functional groups attached to an aromatic ring is 1. The maximum Gasteiger partial charge on any atom is 0.239 e. The zero-order valence-electron chi connectivity index (χ0n) is 7.30. The molecule has 2 N–H and O–H groups in total. The van der Waals surface area contributed by atoms with Crippen molar-refractivity contribution in [3.05, 3.63) is 16.8 Å². The molecule has 0 aliphatic rings. The van der Waals surface area contributed by atoms with Gasteiger partial charge >= 0.3 is 0 Å². The zero-order valence-corrected chi connectivity index (χ0v) is 8.05. The topological polar surface area (TPSA) is 65.2 Å². The number of ketones is 1. The van der Waals surface area contributed by atoms with Crippen molar-refractivity contribution in [1.82, 2.24) is 4.98 Å². The molecule has 0 atom stereocenters. The molecule has 0 radical (unpaired) electrons. The summed E-state index contributed by atoms with van der Waals surface area (Å²) in [4.78, 5) is 14.9. The first-order valence-corrected chi connectivity index (χ1v) is 3.95. The standard InChI is InChI=1S/C8H9ClN2O2/c1-4(12)5-3-6(9)11-8(13-2)7(5)10/h3H,10H2,1-2H3. The number of halogens is 1. The van der Waals surface area contributed by atoms with Crippen LogP contribution in [-0.2, 0) is 0 Å². The minimum absolute atomic E-state index is 0.167. The number of methoxy groups -OCH3 is 1. The SMILES string of the molecule is COc1nc(Cl)cc(C(C)=O)c1N. The van der Waals surface area contributed by atoms with Crippen LogP contribution >= 0.6 is 11.6 Å². The van der Waals surface area contributed by atoms with Gasteiger partial charge in [-0.05, 0) is 13.0 Å². The Labute approximate surface area is 80.7 Å². The fourth-order valence-electron chi connectivity index (χ4n) is 0.948. The number of ether oxygens (including phenoxy) is 1. The number of nitrogens with zero attached hydrogens (tertiary/aromatic N) is 1. The highest BCUT2D eigenvalue weighted by Gasteiger charge is 2.12. The Bertz CT molecular complexity index is 352. The summed E-state index contributed by atoms with van der Waals surface area (Å²) < 4.78 is 4.84. The van der Waals surface area contributed by atoms with E-state index < -0.39 is 0 Å². The highest BCUT2D eigenvalue weighted by Crippen LogP contribution is 2.25. The lowest BCUT2D eigenvalue weighted by atomic mass is 10.1. The van der Waals surface area contributed by atoms with Gasteiger partial charge in [-0.2, -0.15) is 4.98 Å². The van der Waals surface area contributed by atoms with E-state index in [0.29, 0.717) is 5.56 Å². The molecular weight excluding hydrogens is 192 g/mol. The minimum Gasteiger partial charge on any atom is -0.479 e. The van der Waals surface area contributed by atoms with Crippen LogP contribution in [0.4, 0.5) is 5.69 Å². The molecule has 70 valence electrons. The highest BCUT2D eigenvalue weighted by molar-refractivity contribution is 6.30. The summed E-state index contributed by atoms with van der Waals surface area (Å²) >= 11 is 5.65. The lowest BCUT2D eigenvalue weighted by molar-refractivity contribution is 0.101. The van der Waals surface area contributed by atoms with Crippen molar-refractivity contribution in [3.8, 4) is 5.88 Å². The number of hydrogen-bond acceptors (Lipinski definition) is 4. The van der Waals surface area contributed by atoms with E-state index in [2.05, 4.69) is 4.98 Å². The van der Waals surface area contributed by atoms with E-state index in [1.807, 2.05) is 0 Å². The molecule has 5 heteroatoms. The first-order chi connectivity index (χ1) is 6.06. The van der Waals surface area contributed by atoms with Crippen LogP contribution in [0.25, 0.3) is 0 Å². The number of nitrogens with two attached hydrogens (primary N) is 1. The van der Waals surface area contributed by atoms with Crippen molar-refractivity contribution in [2.45, 2.75) is 6.92 Å². The maximum absolute atomic E-state index is 11.1. The van der Waals surface area contributed by atoms with Crippen LogP contribution in [0.15, 0.2) is 6.07 Å². The van der Waals surface area contributed by atoms with E-state index in [1.165, 1.54) is 20.1 Å². The van der Waals surface area contributed by atoms with Crippen molar-refractivity contribution in [1.29, 1.82) is 0 Å². The third-order valence-corrected chi connectivity index (χ3v) is 1.76. The largest absolute Gasteiger partial charge is 0.479 e. The van der Waals surface area contributed by atoms with Gasteiger partial charge in [-0.25, -0.2) is 0 Å². The number of carbonyl (C=O) groups excluding carboxylic acids is 1. The summed E-state index contributed by atoms with van der Waals surface area (Å²) in [7, 11) is 1.42. The molecule has 0 fully saturated rings. The molecule has 0 amide bonds. The quantitative estimate of drug-likeness (QED) is 0.581. The van der Waals surface area contributed by atoms with Crippen molar-refractivity contribution >= 4 is 23.1 Å². The van der Waals surface area contributed by atoms with Crippen LogP contribution in [0, 0.1) is 0 Å². The molecule has 0 aromatic carbocycles. The van der Waals surface area contributed by atoms with E-state index in [9.17, 15) is 4.79 Å². The Balaban J connectivity index is 3.35. The molecule has 1 rings (SSSR count). The second kappa shape index (κ2) is 3.62. The van der Waals surface area contributed by atoms with E-state index in [-0.39, 0.29) is 22.5 Å². The number of pyridine rings is 1. The van der Waals surface area contributed by atoms with Crippen molar-refractivity contribution in [2.75, 3.05) is 12.8 Å². The average Bonchev–Trinajstić information content (AvgIpc) is 2.08. The highest BCUT2D eigenvalue weighted by atomic mass is 35.5. The number of anilines is 1. The molecule has 0 unspecified atom stereocenters. The first-order valence-electron chi connectivity index (χ1n) is 3.57. The van der Waals surface area contributed by atoms with Gasteiger partial charge in [-0.3, -0.25) is 4.79 Å². The lowest BCUT2D eigenvalue weighted by Crippen LogP contribution is -2.04. The van der Waals surface area contributed by atoms with Gasteiger partial charge in [-0.1, -0.05) is 11.6 Å². The molecule has 0 spiro atoms. The molecule has 1 aromatic rings. The fourth-order valence-corrected chi connectivity index (χ4v) is 1.13. The summed E-state index contributed by atoms with van der Waals surface area (Å²) in [5.74, 6) is 0.0119. The summed E-state index contributed by atoms with van der Waals surface area (Å²) in [5, 5.41) is 0.191. The van der Waals surface area contributed by atoms with Crippen LogP contribution in [0.2, 0.25) is 5.15 Å². The van der Waals surface area contributed by atoms with Gasteiger partial charge in [0.15, 0.2) is 5.78 Å². The Morgan fingerprint density at radius 3 is 2.77 bits per heavy atom.